The standard InChI is InChI=1S/C24H25FN4O2/c1-2-17-8-10-21(11-9-17)29-23(30)13-12-22(27-29)28-14-4-5-18(16-28)24(31)26-20-7-3-6-19(25)15-20/h3,6-13,15,18H,2,4-5,14,16H2,1H3,(H,26,31). The van der Waals surface area contributed by atoms with Gasteiger partial charge in [0.2, 0.25) is 5.91 Å². The van der Waals surface area contributed by atoms with Crippen LogP contribution in [0.5, 0.6) is 0 Å². The van der Waals surface area contributed by atoms with Gasteiger partial charge in [0.05, 0.1) is 11.6 Å². The van der Waals surface area contributed by atoms with Gasteiger partial charge >= 0.3 is 0 Å². The van der Waals surface area contributed by atoms with Gasteiger partial charge in [0.15, 0.2) is 0 Å². The molecule has 0 bridgehead atoms. The minimum absolute atomic E-state index is 0.140. The van der Waals surface area contributed by atoms with E-state index in [1.807, 2.05) is 29.2 Å². The van der Waals surface area contributed by atoms with E-state index in [4.69, 9.17) is 0 Å². The molecule has 1 amide bonds. The maximum Gasteiger partial charge on any atom is 0.271 e. The molecule has 1 fully saturated rings. The Labute approximate surface area is 180 Å². The van der Waals surface area contributed by atoms with Crippen LogP contribution in [0.4, 0.5) is 15.9 Å². The van der Waals surface area contributed by atoms with E-state index in [1.165, 1.54) is 28.4 Å². The molecule has 1 atom stereocenters. The highest BCUT2D eigenvalue weighted by molar-refractivity contribution is 5.93. The van der Waals surface area contributed by atoms with Crippen molar-refractivity contribution in [3.63, 3.8) is 0 Å². The van der Waals surface area contributed by atoms with E-state index in [0.717, 1.165) is 25.8 Å². The van der Waals surface area contributed by atoms with Crippen LogP contribution in [0, 0.1) is 11.7 Å². The fourth-order valence-electron chi connectivity index (χ4n) is 3.84. The van der Waals surface area contributed by atoms with E-state index in [-0.39, 0.29) is 23.2 Å². The molecule has 1 aliphatic heterocycles. The zero-order valence-corrected chi connectivity index (χ0v) is 17.4. The maximum atomic E-state index is 13.4. The number of anilines is 2. The molecule has 0 saturated carbocycles. The van der Waals surface area contributed by atoms with Gasteiger partial charge in [-0.3, -0.25) is 9.59 Å². The van der Waals surface area contributed by atoms with Crippen LogP contribution in [0.2, 0.25) is 0 Å². The van der Waals surface area contributed by atoms with Crippen LogP contribution >= 0.6 is 0 Å². The van der Waals surface area contributed by atoms with Crippen molar-refractivity contribution < 1.29 is 9.18 Å². The molecule has 1 aliphatic rings. The minimum Gasteiger partial charge on any atom is -0.354 e. The van der Waals surface area contributed by atoms with Crippen LogP contribution in [0.1, 0.15) is 25.3 Å². The predicted molar refractivity (Wildman–Crippen MR) is 119 cm³/mol. The molecule has 0 radical (unpaired) electrons. The normalized spacial score (nSPS) is 16.2. The first kappa shape index (κ1) is 20.8. The lowest BCUT2D eigenvalue weighted by Gasteiger charge is -2.32. The first-order chi connectivity index (χ1) is 15.0. The number of halogens is 1. The molecule has 4 rings (SSSR count). The summed E-state index contributed by atoms with van der Waals surface area (Å²) in [6.45, 7) is 3.32. The van der Waals surface area contributed by atoms with Gasteiger partial charge in [0.1, 0.15) is 11.6 Å². The van der Waals surface area contributed by atoms with Crippen molar-refractivity contribution in [2.45, 2.75) is 26.2 Å². The van der Waals surface area contributed by atoms with Crippen molar-refractivity contribution in [2.24, 2.45) is 5.92 Å². The lowest BCUT2D eigenvalue weighted by atomic mass is 9.97. The van der Waals surface area contributed by atoms with Crippen LogP contribution in [-0.2, 0) is 11.2 Å². The van der Waals surface area contributed by atoms with Crippen LogP contribution < -0.4 is 15.8 Å². The van der Waals surface area contributed by atoms with Gasteiger partial charge in [-0.15, -0.1) is 5.10 Å². The molecule has 6 nitrogen and oxygen atoms in total. The number of piperidine rings is 1. The average Bonchev–Trinajstić information content (AvgIpc) is 2.79. The number of rotatable bonds is 5. The smallest absolute Gasteiger partial charge is 0.271 e. The molecule has 0 aliphatic carbocycles. The summed E-state index contributed by atoms with van der Waals surface area (Å²) in [4.78, 5) is 27.1. The van der Waals surface area contributed by atoms with E-state index in [2.05, 4.69) is 17.3 Å². The first-order valence-corrected chi connectivity index (χ1v) is 10.5. The second kappa shape index (κ2) is 9.12. The van der Waals surface area contributed by atoms with Crippen LogP contribution in [0.3, 0.4) is 0 Å². The van der Waals surface area contributed by atoms with E-state index in [1.54, 1.807) is 18.2 Å². The van der Waals surface area contributed by atoms with Crippen molar-refractivity contribution in [1.29, 1.82) is 0 Å². The summed E-state index contributed by atoms with van der Waals surface area (Å²) in [5.41, 5.74) is 2.15. The predicted octanol–water partition coefficient (Wildman–Crippen LogP) is 3.79. The number of hydrogen-bond donors (Lipinski definition) is 1. The Kier molecular flexibility index (Phi) is 6.11. The van der Waals surface area contributed by atoms with Crippen LogP contribution in [0.15, 0.2) is 65.5 Å². The van der Waals surface area contributed by atoms with Gasteiger partial charge in [0.25, 0.3) is 5.56 Å². The second-order valence-corrected chi connectivity index (χ2v) is 7.75. The molecular formula is C24H25FN4O2. The number of aromatic nitrogens is 2. The Morgan fingerprint density at radius 2 is 1.97 bits per heavy atom. The zero-order valence-electron chi connectivity index (χ0n) is 17.4. The Morgan fingerprint density at radius 1 is 1.16 bits per heavy atom. The van der Waals surface area contributed by atoms with Gasteiger partial charge in [-0.1, -0.05) is 25.1 Å². The highest BCUT2D eigenvalue weighted by atomic mass is 19.1. The lowest BCUT2D eigenvalue weighted by Crippen LogP contribution is -2.41. The number of hydrogen-bond acceptors (Lipinski definition) is 4. The van der Waals surface area contributed by atoms with Crippen molar-refractivity contribution >= 4 is 17.4 Å². The Balaban J connectivity index is 1.51. The Hall–Kier alpha value is -3.48. The third-order valence-corrected chi connectivity index (χ3v) is 5.58. The van der Waals surface area contributed by atoms with E-state index in [0.29, 0.717) is 23.7 Å². The molecular weight excluding hydrogens is 395 g/mol. The summed E-state index contributed by atoms with van der Waals surface area (Å²) >= 11 is 0. The maximum absolute atomic E-state index is 13.4. The summed E-state index contributed by atoms with van der Waals surface area (Å²) in [7, 11) is 0. The zero-order chi connectivity index (χ0) is 21.8. The molecule has 31 heavy (non-hydrogen) atoms. The number of amides is 1. The first-order valence-electron chi connectivity index (χ1n) is 10.5. The number of carbonyl (C=O) groups is 1. The molecule has 0 spiro atoms. The minimum atomic E-state index is -0.388. The van der Waals surface area contributed by atoms with Gasteiger partial charge in [0, 0.05) is 24.8 Å². The fourth-order valence-corrected chi connectivity index (χ4v) is 3.84. The fraction of sp³-hybridized carbons (Fsp3) is 0.292. The Morgan fingerprint density at radius 3 is 2.71 bits per heavy atom. The monoisotopic (exact) mass is 420 g/mol. The van der Waals surface area contributed by atoms with Crippen molar-refractivity contribution in [3.8, 4) is 5.69 Å². The molecule has 1 saturated heterocycles. The molecule has 1 N–H and O–H groups in total. The number of carbonyl (C=O) groups excluding carboxylic acids is 1. The molecule has 2 heterocycles. The SMILES string of the molecule is CCc1ccc(-n2nc(N3CCCC(C(=O)Nc4cccc(F)c4)C3)ccc2=O)cc1. The molecule has 3 aromatic rings. The lowest BCUT2D eigenvalue weighted by molar-refractivity contribution is -0.120. The third-order valence-electron chi connectivity index (χ3n) is 5.58. The second-order valence-electron chi connectivity index (χ2n) is 7.75. The molecule has 1 aromatic heterocycles. The van der Waals surface area contributed by atoms with Gasteiger partial charge in [-0.25, -0.2) is 4.39 Å². The topological polar surface area (TPSA) is 67.2 Å². The quantitative estimate of drug-likeness (QED) is 0.682. The van der Waals surface area contributed by atoms with Gasteiger partial charge in [-0.05, 0) is 61.2 Å². The summed E-state index contributed by atoms with van der Waals surface area (Å²) in [5, 5.41) is 7.36. The summed E-state index contributed by atoms with van der Waals surface area (Å²) in [6, 6.07) is 16.9. The highest BCUT2D eigenvalue weighted by Crippen LogP contribution is 2.23. The van der Waals surface area contributed by atoms with Crippen molar-refractivity contribution in [1.82, 2.24) is 9.78 Å². The van der Waals surface area contributed by atoms with Crippen molar-refractivity contribution in [2.75, 3.05) is 23.3 Å². The average molecular weight is 420 g/mol. The van der Waals surface area contributed by atoms with E-state index >= 15 is 0 Å². The van der Waals surface area contributed by atoms with Crippen LogP contribution in [-0.4, -0.2) is 28.8 Å². The Bertz CT molecular complexity index is 1130. The number of aryl methyl sites for hydroxylation is 1. The summed E-state index contributed by atoms with van der Waals surface area (Å²) < 4.78 is 14.8. The summed E-state index contributed by atoms with van der Waals surface area (Å²) in [6.07, 6.45) is 2.50. The van der Waals surface area contributed by atoms with E-state index < -0.39 is 0 Å². The third kappa shape index (κ3) is 4.82. The highest BCUT2D eigenvalue weighted by Gasteiger charge is 2.27. The number of nitrogens with one attached hydrogen (secondary N) is 1. The molecule has 1 unspecified atom stereocenters. The molecule has 7 heteroatoms. The summed E-state index contributed by atoms with van der Waals surface area (Å²) in [5.74, 6) is -0.120. The van der Waals surface area contributed by atoms with Crippen molar-refractivity contribution in [3.05, 3.63) is 82.4 Å². The molecule has 2 aromatic carbocycles. The number of benzene rings is 2. The largest absolute Gasteiger partial charge is 0.354 e. The van der Waals surface area contributed by atoms with Gasteiger partial charge in [-0.2, -0.15) is 4.68 Å². The molecule has 160 valence electrons. The van der Waals surface area contributed by atoms with Crippen LogP contribution in [0.25, 0.3) is 5.69 Å². The van der Waals surface area contributed by atoms with Gasteiger partial charge < -0.3 is 10.2 Å². The number of nitrogens with zero attached hydrogens (tertiary/aromatic N) is 3. The van der Waals surface area contributed by atoms with E-state index in [9.17, 15) is 14.0 Å².